The van der Waals surface area contributed by atoms with E-state index in [1.54, 1.807) is 19.1 Å². The fraction of sp³-hybridized carbons (Fsp3) is 0.0667. The van der Waals surface area contributed by atoms with Gasteiger partial charge >= 0.3 is 10.1 Å². The molecular formula is C15H15N5O5S. The Morgan fingerprint density at radius 1 is 1.23 bits per heavy atom. The molecule has 2 aromatic carbocycles. The van der Waals surface area contributed by atoms with Crippen LogP contribution in [0.15, 0.2) is 58.5 Å². The van der Waals surface area contributed by atoms with Gasteiger partial charge in [-0.3, -0.25) is 15.5 Å². The van der Waals surface area contributed by atoms with Crippen molar-refractivity contribution in [2.24, 2.45) is 10.8 Å². The second-order valence-corrected chi connectivity index (χ2v) is 6.62. The minimum absolute atomic E-state index is 0.108. The number of non-ortho nitro benzene ring substituents is 1. The molecule has 0 aliphatic heterocycles. The molecule has 3 N–H and O–H groups in total. The molecule has 0 saturated carbocycles. The van der Waals surface area contributed by atoms with E-state index in [0.29, 0.717) is 10.7 Å². The van der Waals surface area contributed by atoms with Crippen LogP contribution in [0.5, 0.6) is 0 Å². The summed E-state index contributed by atoms with van der Waals surface area (Å²) in [6.45, 7) is 1.80. The van der Waals surface area contributed by atoms with E-state index in [9.17, 15) is 18.5 Å². The molecule has 0 spiro atoms. The number of hydrazone groups is 1. The fourth-order valence-electron chi connectivity index (χ4n) is 1.76. The zero-order valence-corrected chi connectivity index (χ0v) is 14.4. The molecule has 26 heavy (non-hydrogen) atoms. The number of hydrogen-bond donors (Lipinski definition) is 2. The lowest BCUT2D eigenvalue weighted by atomic mass is 10.2. The number of nitro groups is 1. The third-order valence-corrected chi connectivity index (χ3v) is 4.29. The second kappa shape index (κ2) is 7.72. The predicted octanol–water partition coefficient (Wildman–Crippen LogP) is 1.75. The van der Waals surface area contributed by atoms with Gasteiger partial charge in [0, 0.05) is 12.1 Å². The van der Waals surface area contributed by atoms with E-state index in [2.05, 4.69) is 5.10 Å². The average molecular weight is 377 g/mol. The van der Waals surface area contributed by atoms with Gasteiger partial charge in [-0.2, -0.15) is 8.42 Å². The van der Waals surface area contributed by atoms with Gasteiger partial charge in [0.05, 0.1) is 16.0 Å². The molecule has 11 heteroatoms. The normalized spacial score (nSPS) is 11.4. The van der Waals surface area contributed by atoms with Crippen LogP contribution in [0.4, 0.5) is 5.69 Å². The molecule has 2 aromatic rings. The molecule has 0 bridgehead atoms. The zero-order chi connectivity index (χ0) is 19.3. The molecule has 0 amide bonds. The van der Waals surface area contributed by atoms with E-state index in [1.807, 2.05) is 0 Å². The minimum Gasteiger partial charge on any atom is -0.367 e. The molecule has 0 radical (unpaired) electrons. The summed E-state index contributed by atoms with van der Waals surface area (Å²) >= 11 is 0. The van der Waals surface area contributed by atoms with Crippen molar-refractivity contribution >= 4 is 28.0 Å². The van der Waals surface area contributed by atoms with E-state index in [0.717, 1.165) is 11.8 Å². The third kappa shape index (κ3) is 4.84. The van der Waals surface area contributed by atoms with Crippen molar-refractivity contribution in [1.82, 2.24) is 5.17 Å². The van der Waals surface area contributed by atoms with Crippen LogP contribution in [-0.2, 0) is 14.4 Å². The lowest BCUT2D eigenvalue weighted by Gasteiger charge is -2.15. The maximum absolute atomic E-state index is 12.2. The highest BCUT2D eigenvalue weighted by atomic mass is 32.2. The van der Waals surface area contributed by atoms with Gasteiger partial charge in [0.1, 0.15) is 0 Å². The number of guanidine groups is 1. The van der Waals surface area contributed by atoms with Crippen LogP contribution in [0.1, 0.15) is 11.1 Å². The average Bonchev–Trinajstić information content (AvgIpc) is 2.59. The van der Waals surface area contributed by atoms with Gasteiger partial charge in [-0.15, -0.1) is 9.39 Å². The Morgan fingerprint density at radius 2 is 1.81 bits per heavy atom. The van der Waals surface area contributed by atoms with E-state index < -0.39 is 21.0 Å². The first-order valence-electron chi connectivity index (χ1n) is 7.13. The highest BCUT2D eigenvalue weighted by Crippen LogP contribution is 2.15. The fourth-order valence-corrected chi connectivity index (χ4v) is 2.62. The Balaban J connectivity index is 2.19. The Hall–Kier alpha value is -3.31. The standard InChI is InChI=1S/C15H15N5O5S/c1-11-2-8-14(9-3-11)26(23,24)25-19(15(16)17)18-10-12-4-6-13(7-5-12)20(21)22/h2-10H,1H3,(H3,16,17). The summed E-state index contributed by atoms with van der Waals surface area (Å²) in [7, 11) is -4.24. The van der Waals surface area contributed by atoms with E-state index in [1.165, 1.54) is 36.4 Å². The molecule has 0 saturated heterocycles. The number of nitro benzene ring substituents is 1. The van der Waals surface area contributed by atoms with Crippen LogP contribution in [0.25, 0.3) is 0 Å². The quantitative estimate of drug-likeness (QED) is 0.336. The van der Waals surface area contributed by atoms with Crippen LogP contribution in [0, 0.1) is 22.4 Å². The van der Waals surface area contributed by atoms with Crippen LogP contribution in [-0.4, -0.2) is 30.7 Å². The Bertz CT molecular complexity index is 939. The molecule has 0 unspecified atom stereocenters. The van der Waals surface area contributed by atoms with Gasteiger partial charge in [0.2, 0.25) is 5.96 Å². The monoisotopic (exact) mass is 377 g/mol. The third-order valence-electron chi connectivity index (χ3n) is 3.10. The summed E-state index contributed by atoms with van der Waals surface area (Å²) in [5, 5.41) is 22.0. The van der Waals surface area contributed by atoms with Gasteiger partial charge in [-0.05, 0) is 36.8 Å². The van der Waals surface area contributed by atoms with Crippen LogP contribution in [0.3, 0.4) is 0 Å². The summed E-state index contributed by atoms with van der Waals surface area (Å²) in [6, 6.07) is 11.2. The van der Waals surface area contributed by atoms with Crippen LogP contribution >= 0.6 is 0 Å². The molecule has 0 aliphatic carbocycles. The Morgan fingerprint density at radius 3 is 2.31 bits per heavy atom. The van der Waals surface area contributed by atoms with E-state index in [-0.39, 0.29) is 10.6 Å². The summed E-state index contributed by atoms with van der Waals surface area (Å²) in [5.74, 6) is -0.765. The predicted molar refractivity (Wildman–Crippen MR) is 93.9 cm³/mol. The molecule has 136 valence electrons. The van der Waals surface area contributed by atoms with Crippen molar-refractivity contribution in [2.45, 2.75) is 11.8 Å². The van der Waals surface area contributed by atoms with Crippen molar-refractivity contribution in [3.8, 4) is 0 Å². The van der Waals surface area contributed by atoms with Gasteiger partial charge in [-0.25, -0.2) is 0 Å². The van der Waals surface area contributed by atoms with Crippen molar-refractivity contribution in [1.29, 1.82) is 5.41 Å². The number of hydrogen-bond acceptors (Lipinski definition) is 7. The maximum atomic E-state index is 12.2. The van der Waals surface area contributed by atoms with E-state index in [4.69, 9.17) is 15.4 Å². The topological polar surface area (TPSA) is 152 Å². The molecule has 2 rings (SSSR count). The summed E-state index contributed by atoms with van der Waals surface area (Å²) < 4.78 is 29.2. The number of benzene rings is 2. The van der Waals surface area contributed by atoms with Crippen molar-refractivity contribution in [3.05, 3.63) is 69.8 Å². The first kappa shape index (κ1) is 19.0. The van der Waals surface area contributed by atoms with E-state index >= 15 is 0 Å². The molecular weight excluding hydrogens is 362 g/mol. The Labute approximate surface area is 149 Å². The molecule has 0 aliphatic rings. The smallest absolute Gasteiger partial charge is 0.319 e. The second-order valence-electron chi connectivity index (χ2n) is 5.09. The largest absolute Gasteiger partial charge is 0.367 e. The molecule has 0 fully saturated rings. The summed E-state index contributed by atoms with van der Waals surface area (Å²) in [6.07, 6.45) is 1.15. The molecule has 0 aromatic heterocycles. The van der Waals surface area contributed by atoms with Crippen molar-refractivity contribution in [3.63, 3.8) is 0 Å². The first-order valence-corrected chi connectivity index (χ1v) is 8.54. The SMILES string of the molecule is Cc1ccc(S(=O)(=O)ON(N=Cc2ccc([N+](=O)[O-])cc2)C(=N)N)cc1. The number of rotatable bonds is 6. The lowest BCUT2D eigenvalue weighted by Crippen LogP contribution is -2.34. The number of hydroxylamine groups is 1. The van der Waals surface area contributed by atoms with Gasteiger partial charge < -0.3 is 5.73 Å². The lowest BCUT2D eigenvalue weighted by molar-refractivity contribution is -0.384. The van der Waals surface area contributed by atoms with Crippen molar-refractivity contribution < 1.29 is 17.6 Å². The van der Waals surface area contributed by atoms with Gasteiger partial charge in [-0.1, -0.05) is 22.9 Å². The number of nitrogens with two attached hydrogens (primary N) is 1. The van der Waals surface area contributed by atoms with Crippen molar-refractivity contribution in [2.75, 3.05) is 0 Å². The van der Waals surface area contributed by atoms with Gasteiger partial charge in [0.15, 0.2) is 0 Å². The first-order chi connectivity index (χ1) is 12.2. The van der Waals surface area contributed by atoms with Gasteiger partial charge in [0.25, 0.3) is 5.69 Å². The summed E-state index contributed by atoms with van der Waals surface area (Å²) in [5.41, 5.74) is 6.46. The minimum atomic E-state index is -4.24. The Kier molecular flexibility index (Phi) is 5.64. The zero-order valence-electron chi connectivity index (χ0n) is 13.6. The number of aryl methyl sites for hydroxylation is 1. The summed E-state index contributed by atoms with van der Waals surface area (Å²) in [4.78, 5) is 9.93. The number of nitrogens with one attached hydrogen (secondary N) is 1. The molecule has 0 atom stereocenters. The molecule has 0 heterocycles. The maximum Gasteiger partial charge on any atom is 0.319 e. The van der Waals surface area contributed by atoms with Crippen LogP contribution < -0.4 is 5.73 Å². The van der Waals surface area contributed by atoms with Crippen LogP contribution in [0.2, 0.25) is 0 Å². The molecule has 10 nitrogen and oxygen atoms in total. The number of nitrogens with zero attached hydrogens (tertiary/aromatic N) is 3. The highest BCUT2D eigenvalue weighted by molar-refractivity contribution is 7.86. The highest BCUT2D eigenvalue weighted by Gasteiger charge is 2.21.